The second kappa shape index (κ2) is 11.3. The van der Waals surface area contributed by atoms with Gasteiger partial charge in [-0.15, -0.1) is 0 Å². The Hall–Kier alpha value is -4.49. The van der Waals surface area contributed by atoms with E-state index in [1.165, 1.54) is 62.0 Å². The highest BCUT2D eigenvalue weighted by atomic mass is 32.2. The Morgan fingerprint density at radius 1 is 0.842 bits per heavy atom. The number of carbonyl (C=O) groups excluding carboxylic acids is 1. The second-order valence-corrected chi connectivity index (χ2v) is 11.3. The summed E-state index contributed by atoms with van der Waals surface area (Å²) in [5.41, 5.74) is 0.506. The normalized spacial score (nSPS) is 11.4. The molecule has 1 heterocycles. The van der Waals surface area contributed by atoms with Crippen molar-refractivity contribution in [2.75, 3.05) is 28.0 Å². The summed E-state index contributed by atoms with van der Waals surface area (Å²) in [6.07, 6.45) is 2.80. The molecule has 4 rings (SSSR count). The number of sulfonamides is 2. The number of aromatic nitrogens is 2. The van der Waals surface area contributed by atoms with Crippen molar-refractivity contribution in [2.45, 2.75) is 9.79 Å². The minimum Gasteiger partial charge on any atom is -0.497 e. The van der Waals surface area contributed by atoms with E-state index in [2.05, 4.69) is 20.0 Å². The van der Waals surface area contributed by atoms with E-state index in [0.29, 0.717) is 5.75 Å². The number of hydrogen-bond acceptors (Lipinski definition) is 8. The smallest absolute Gasteiger partial charge is 0.264 e. The third kappa shape index (κ3) is 6.25. The Bertz CT molecular complexity index is 1620. The Morgan fingerprint density at radius 2 is 1.53 bits per heavy atom. The average molecular weight is 554 g/mol. The lowest BCUT2D eigenvalue weighted by molar-refractivity contribution is -0.114. The summed E-state index contributed by atoms with van der Waals surface area (Å²) in [4.78, 5) is 20.6. The number of benzene rings is 3. The predicted molar refractivity (Wildman–Crippen MR) is 142 cm³/mol. The molecule has 13 heteroatoms. The van der Waals surface area contributed by atoms with E-state index in [9.17, 15) is 21.6 Å². The number of hydrogen-bond donors (Lipinski definition) is 2. The molecule has 11 nitrogen and oxygen atoms in total. The number of anilines is 3. The van der Waals surface area contributed by atoms with Gasteiger partial charge >= 0.3 is 0 Å². The van der Waals surface area contributed by atoms with E-state index in [4.69, 9.17) is 4.74 Å². The SMILES string of the molecule is COc1cccc(N(CC(=O)Nc2ccc(S(=O)(=O)Nc3ncccn3)cc2)S(=O)(=O)c2ccccc2)c1. The number of amides is 1. The molecule has 0 saturated heterocycles. The van der Waals surface area contributed by atoms with Gasteiger partial charge in [0.05, 0.1) is 22.6 Å². The second-order valence-electron chi connectivity index (χ2n) is 7.78. The van der Waals surface area contributed by atoms with Crippen molar-refractivity contribution >= 4 is 43.3 Å². The third-order valence-electron chi connectivity index (χ3n) is 5.20. The van der Waals surface area contributed by atoms with E-state index >= 15 is 0 Å². The van der Waals surface area contributed by atoms with Crippen LogP contribution in [0.25, 0.3) is 0 Å². The lowest BCUT2D eigenvalue weighted by Crippen LogP contribution is -2.38. The standard InChI is InChI=1S/C25H23N5O6S2/c1-36-21-8-5-7-20(17-21)30(38(34,35)23-9-3-2-4-10-23)18-24(31)28-19-11-13-22(14-12-19)37(32,33)29-25-26-15-6-16-27-25/h2-17H,18H2,1H3,(H,28,31)(H,26,27,29). The van der Waals surface area contributed by atoms with Gasteiger partial charge in [-0.2, -0.15) is 0 Å². The van der Waals surface area contributed by atoms with Crippen molar-refractivity contribution in [1.82, 2.24) is 9.97 Å². The number of rotatable bonds is 10. The molecular formula is C25H23N5O6S2. The first-order chi connectivity index (χ1) is 18.2. The van der Waals surface area contributed by atoms with Crippen LogP contribution in [0.3, 0.4) is 0 Å². The molecule has 0 bridgehead atoms. The highest BCUT2D eigenvalue weighted by molar-refractivity contribution is 7.93. The lowest BCUT2D eigenvalue weighted by Gasteiger charge is -2.24. The fraction of sp³-hybridized carbons (Fsp3) is 0.0800. The molecule has 0 radical (unpaired) electrons. The highest BCUT2D eigenvalue weighted by Gasteiger charge is 2.27. The fourth-order valence-electron chi connectivity index (χ4n) is 3.38. The number of nitrogens with zero attached hydrogens (tertiary/aromatic N) is 3. The maximum Gasteiger partial charge on any atom is 0.264 e. The Labute approximate surface area is 220 Å². The first-order valence-electron chi connectivity index (χ1n) is 11.1. The van der Waals surface area contributed by atoms with Gasteiger partial charge in [0.2, 0.25) is 11.9 Å². The molecular weight excluding hydrogens is 530 g/mol. The fourth-order valence-corrected chi connectivity index (χ4v) is 5.77. The molecule has 2 N–H and O–H groups in total. The number of carbonyl (C=O) groups is 1. The summed E-state index contributed by atoms with van der Waals surface area (Å²) in [5.74, 6) is -0.302. The van der Waals surface area contributed by atoms with Crippen molar-refractivity contribution in [3.63, 3.8) is 0 Å². The summed E-state index contributed by atoms with van der Waals surface area (Å²) in [5, 5.41) is 2.61. The van der Waals surface area contributed by atoms with Gasteiger partial charge in [0.1, 0.15) is 12.3 Å². The molecule has 0 aliphatic carbocycles. The van der Waals surface area contributed by atoms with Crippen LogP contribution in [0.2, 0.25) is 0 Å². The molecule has 1 aromatic heterocycles. The monoisotopic (exact) mass is 553 g/mol. The highest BCUT2D eigenvalue weighted by Crippen LogP contribution is 2.27. The van der Waals surface area contributed by atoms with Crippen molar-refractivity contribution in [1.29, 1.82) is 0 Å². The minimum absolute atomic E-state index is 0.0140. The van der Waals surface area contributed by atoms with Gasteiger partial charge in [0.25, 0.3) is 20.0 Å². The molecule has 0 saturated carbocycles. The maximum atomic E-state index is 13.4. The van der Waals surface area contributed by atoms with Gasteiger partial charge in [0, 0.05) is 24.1 Å². The zero-order valence-electron chi connectivity index (χ0n) is 20.1. The van der Waals surface area contributed by atoms with Gasteiger partial charge in [0.15, 0.2) is 0 Å². The first-order valence-corrected chi connectivity index (χ1v) is 14.0. The molecule has 0 fully saturated rings. The van der Waals surface area contributed by atoms with E-state index in [1.807, 2.05) is 0 Å². The van der Waals surface area contributed by atoms with Crippen molar-refractivity contribution in [3.8, 4) is 5.75 Å². The van der Waals surface area contributed by atoms with Gasteiger partial charge in [-0.25, -0.2) is 31.5 Å². The van der Waals surface area contributed by atoms with E-state index in [-0.39, 0.29) is 27.1 Å². The molecule has 0 spiro atoms. The molecule has 4 aromatic rings. The maximum absolute atomic E-state index is 13.4. The van der Waals surface area contributed by atoms with Crippen LogP contribution in [0.1, 0.15) is 0 Å². The van der Waals surface area contributed by atoms with Gasteiger partial charge in [-0.3, -0.25) is 9.10 Å². The Balaban J connectivity index is 1.54. The van der Waals surface area contributed by atoms with Crippen LogP contribution in [0.5, 0.6) is 5.75 Å². The van der Waals surface area contributed by atoms with Gasteiger partial charge < -0.3 is 10.1 Å². The summed E-state index contributed by atoms with van der Waals surface area (Å²) in [7, 11) is -6.61. The third-order valence-corrected chi connectivity index (χ3v) is 8.33. The zero-order chi connectivity index (χ0) is 27.2. The van der Waals surface area contributed by atoms with Gasteiger partial charge in [-0.1, -0.05) is 24.3 Å². The molecule has 0 atom stereocenters. The van der Waals surface area contributed by atoms with Crippen LogP contribution in [0.15, 0.2) is 107 Å². The first kappa shape index (κ1) is 26.6. The summed E-state index contributed by atoms with van der Waals surface area (Å²) < 4.78 is 60.5. The molecule has 3 aromatic carbocycles. The van der Waals surface area contributed by atoms with E-state index < -0.39 is 32.5 Å². The summed E-state index contributed by atoms with van der Waals surface area (Å²) >= 11 is 0. The Morgan fingerprint density at radius 3 is 2.18 bits per heavy atom. The van der Waals surface area contributed by atoms with E-state index in [1.54, 1.807) is 42.5 Å². The van der Waals surface area contributed by atoms with E-state index in [0.717, 1.165) is 4.31 Å². The van der Waals surface area contributed by atoms with Crippen LogP contribution in [-0.4, -0.2) is 46.4 Å². The number of ether oxygens (including phenoxy) is 1. The van der Waals surface area contributed by atoms with Gasteiger partial charge in [-0.05, 0) is 54.6 Å². The molecule has 0 aliphatic heterocycles. The van der Waals surface area contributed by atoms with Crippen molar-refractivity contribution < 1.29 is 26.4 Å². The summed E-state index contributed by atoms with van der Waals surface area (Å²) in [6, 6.07) is 21.0. The number of nitrogens with one attached hydrogen (secondary N) is 2. The molecule has 0 unspecified atom stereocenters. The molecule has 1 amide bonds. The average Bonchev–Trinajstić information content (AvgIpc) is 2.93. The van der Waals surface area contributed by atoms with Crippen LogP contribution in [0, 0.1) is 0 Å². The molecule has 196 valence electrons. The Kier molecular flexibility index (Phi) is 7.88. The molecule has 38 heavy (non-hydrogen) atoms. The van der Waals surface area contributed by atoms with Crippen molar-refractivity contribution in [2.24, 2.45) is 0 Å². The largest absolute Gasteiger partial charge is 0.497 e. The van der Waals surface area contributed by atoms with Crippen LogP contribution in [-0.2, 0) is 24.8 Å². The van der Waals surface area contributed by atoms with Crippen LogP contribution < -0.4 is 19.1 Å². The topological polar surface area (TPSA) is 148 Å². The summed E-state index contributed by atoms with van der Waals surface area (Å²) in [6.45, 7) is -0.544. The minimum atomic E-state index is -4.10. The zero-order valence-corrected chi connectivity index (χ0v) is 21.7. The number of methoxy groups -OCH3 is 1. The molecule has 0 aliphatic rings. The lowest BCUT2D eigenvalue weighted by atomic mass is 10.3. The van der Waals surface area contributed by atoms with Crippen LogP contribution >= 0.6 is 0 Å². The predicted octanol–water partition coefficient (Wildman–Crippen LogP) is 3.12. The van der Waals surface area contributed by atoms with Crippen LogP contribution in [0.4, 0.5) is 17.3 Å². The quantitative estimate of drug-likeness (QED) is 0.304. The van der Waals surface area contributed by atoms with Crippen molar-refractivity contribution in [3.05, 3.63) is 97.3 Å².